The van der Waals surface area contributed by atoms with Gasteiger partial charge in [-0.2, -0.15) is 0 Å². The van der Waals surface area contributed by atoms with E-state index in [1.54, 1.807) is 0 Å². The van der Waals surface area contributed by atoms with Crippen molar-refractivity contribution in [2.45, 2.75) is 19.3 Å². The van der Waals surface area contributed by atoms with Gasteiger partial charge < -0.3 is 15.3 Å². The van der Waals surface area contributed by atoms with Crippen molar-refractivity contribution >= 4 is 33.4 Å². The third-order valence-corrected chi connectivity index (χ3v) is 8.70. The first-order chi connectivity index (χ1) is 20.6. The number of fused-ring (bicyclic) bond motifs is 3. The number of benzene rings is 5. The minimum Gasteiger partial charge on any atom is -0.354 e. The van der Waals surface area contributed by atoms with Crippen LogP contribution in [0, 0.1) is 13.8 Å². The Morgan fingerprint density at radius 1 is 0.548 bits per heavy atom. The van der Waals surface area contributed by atoms with Gasteiger partial charge in [0, 0.05) is 44.2 Å². The Morgan fingerprint density at radius 3 is 1.55 bits per heavy atom. The molecule has 0 spiro atoms. The lowest BCUT2D eigenvalue weighted by atomic mass is 9.67. The van der Waals surface area contributed by atoms with E-state index in [9.17, 15) is 0 Å². The number of hydrogen-bond acceptors (Lipinski definition) is 1. The lowest BCUT2D eigenvalue weighted by Crippen LogP contribution is -2.37. The SMILES string of the molecule is Cc1ccc2[nH]c(-c3ccccc3)c(C3(c4c(-c5ccccc5)[nH]c5ccc(C)cc45)C(=O)Nc4ccccc43)c2c1. The number of carbonyl (C=O) groups excluding carboxylic acids is 1. The van der Waals surface area contributed by atoms with Gasteiger partial charge in [-0.05, 0) is 55.3 Å². The number of aromatic nitrogens is 2. The maximum atomic E-state index is 15.0. The minimum atomic E-state index is -1.15. The van der Waals surface area contributed by atoms with E-state index in [0.29, 0.717) is 0 Å². The number of hydrogen-bond donors (Lipinski definition) is 3. The van der Waals surface area contributed by atoms with E-state index in [0.717, 1.165) is 77.8 Å². The Kier molecular flexibility index (Phi) is 5.29. The molecule has 4 heteroatoms. The molecule has 0 unspecified atom stereocenters. The van der Waals surface area contributed by atoms with Crippen molar-refractivity contribution in [1.29, 1.82) is 0 Å². The van der Waals surface area contributed by atoms with E-state index in [1.165, 1.54) is 0 Å². The average Bonchev–Trinajstić information content (AvgIpc) is 3.67. The predicted octanol–water partition coefficient (Wildman–Crippen LogP) is 8.89. The van der Waals surface area contributed by atoms with Crippen LogP contribution in [0.1, 0.15) is 27.8 Å². The van der Waals surface area contributed by atoms with E-state index >= 15 is 4.79 Å². The zero-order valence-electron chi connectivity index (χ0n) is 23.5. The van der Waals surface area contributed by atoms with Crippen molar-refractivity contribution in [3.05, 3.63) is 149 Å². The second-order valence-electron chi connectivity index (χ2n) is 11.3. The lowest BCUT2D eigenvalue weighted by Gasteiger charge is -2.31. The van der Waals surface area contributed by atoms with Crippen LogP contribution in [0.5, 0.6) is 0 Å². The van der Waals surface area contributed by atoms with Gasteiger partial charge >= 0.3 is 0 Å². The molecule has 0 saturated heterocycles. The highest BCUT2D eigenvalue weighted by atomic mass is 16.2. The summed E-state index contributed by atoms with van der Waals surface area (Å²) >= 11 is 0. The summed E-state index contributed by atoms with van der Waals surface area (Å²) in [5.74, 6) is -0.0529. The molecule has 0 bridgehead atoms. The fraction of sp³-hybridized carbons (Fsp3) is 0.0789. The van der Waals surface area contributed by atoms with Gasteiger partial charge in [0.2, 0.25) is 5.91 Å². The number of aromatic amines is 2. The van der Waals surface area contributed by atoms with Crippen LogP contribution in [0.3, 0.4) is 0 Å². The van der Waals surface area contributed by atoms with Gasteiger partial charge in [0.1, 0.15) is 5.41 Å². The molecule has 4 nitrogen and oxygen atoms in total. The molecule has 1 amide bonds. The molecule has 0 saturated carbocycles. The molecule has 0 radical (unpaired) electrons. The molecule has 202 valence electrons. The van der Waals surface area contributed by atoms with Crippen LogP contribution in [0.15, 0.2) is 121 Å². The zero-order valence-corrected chi connectivity index (χ0v) is 23.5. The third kappa shape index (κ3) is 3.39. The normalized spacial score (nSPS) is 13.9. The average molecular weight is 544 g/mol. The Hall–Kier alpha value is -5.35. The highest BCUT2D eigenvalue weighted by molar-refractivity contribution is 6.18. The molecule has 1 aliphatic heterocycles. The van der Waals surface area contributed by atoms with Gasteiger partial charge in [0.15, 0.2) is 0 Å². The minimum absolute atomic E-state index is 0.0529. The molecular weight excluding hydrogens is 514 g/mol. The molecule has 3 N–H and O–H groups in total. The van der Waals surface area contributed by atoms with E-state index in [2.05, 4.69) is 120 Å². The summed E-state index contributed by atoms with van der Waals surface area (Å²) in [5.41, 5.74) is 10.8. The maximum Gasteiger partial charge on any atom is 0.244 e. The van der Waals surface area contributed by atoms with Crippen molar-refractivity contribution < 1.29 is 4.79 Å². The van der Waals surface area contributed by atoms with Gasteiger partial charge in [0.05, 0.1) is 11.4 Å². The molecule has 3 heterocycles. The zero-order chi connectivity index (χ0) is 28.4. The van der Waals surface area contributed by atoms with Gasteiger partial charge in [-0.1, -0.05) is 102 Å². The number of aryl methyl sites for hydroxylation is 2. The number of carbonyl (C=O) groups is 1. The predicted molar refractivity (Wildman–Crippen MR) is 172 cm³/mol. The Bertz CT molecular complexity index is 2030. The van der Waals surface area contributed by atoms with E-state index in [4.69, 9.17) is 0 Å². The van der Waals surface area contributed by atoms with Crippen LogP contribution >= 0.6 is 0 Å². The molecular formula is C38H29N3O. The van der Waals surface area contributed by atoms with Crippen LogP contribution in [0.25, 0.3) is 44.3 Å². The summed E-state index contributed by atoms with van der Waals surface area (Å²) < 4.78 is 0. The van der Waals surface area contributed by atoms with Gasteiger partial charge in [-0.3, -0.25) is 4.79 Å². The second-order valence-corrected chi connectivity index (χ2v) is 11.3. The quantitative estimate of drug-likeness (QED) is 0.204. The molecule has 0 fully saturated rings. The van der Waals surface area contributed by atoms with Gasteiger partial charge in [-0.25, -0.2) is 0 Å². The van der Waals surface area contributed by atoms with Crippen LogP contribution in [-0.4, -0.2) is 15.9 Å². The molecule has 7 aromatic rings. The number of para-hydroxylation sites is 1. The summed E-state index contributed by atoms with van der Waals surface area (Å²) in [5, 5.41) is 5.40. The molecule has 42 heavy (non-hydrogen) atoms. The molecule has 1 aliphatic rings. The summed E-state index contributed by atoms with van der Waals surface area (Å²) in [4.78, 5) is 22.5. The Balaban J connectivity index is 1.63. The largest absolute Gasteiger partial charge is 0.354 e. The standard InChI is InChI=1S/C38H29N3O/c1-23-17-19-30-27(21-23)33(35(39-30)25-11-5-3-6-12-25)38(29-15-9-10-16-32(29)41-37(38)42)34-28-22-24(2)18-20-31(28)40-36(34)26-13-7-4-8-14-26/h3-22,39-40H,1-2H3,(H,41,42). The number of amides is 1. The number of anilines is 1. The summed E-state index contributed by atoms with van der Waals surface area (Å²) in [7, 11) is 0. The van der Waals surface area contributed by atoms with Crippen LogP contribution in [0.4, 0.5) is 5.69 Å². The van der Waals surface area contributed by atoms with E-state index in [1.807, 2.05) is 30.3 Å². The highest BCUT2D eigenvalue weighted by Gasteiger charge is 2.54. The first kappa shape index (κ1) is 24.4. The molecule has 0 atom stereocenters. The maximum absolute atomic E-state index is 15.0. The Morgan fingerprint density at radius 2 is 1.02 bits per heavy atom. The van der Waals surface area contributed by atoms with Crippen molar-refractivity contribution in [3.63, 3.8) is 0 Å². The molecule has 0 aliphatic carbocycles. The number of rotatable bonds is 4. The number of H-pyrrole nitrogens is 2. The summed E-state index contributed by atoms with van der Waals surface area (Å²) in [6.07, 6.45) is 0. The van der Waals surface area contributed by atoms with Crippen molar-refractivity contribution in [1.82, 2.24) is 9.97 Å². The van der Waals surface area contributed by atoms with E-state index < -0.39 is 5.41 Å². The summed E-state index contributed by atoms with van der Waals surface area (Å²) in [6, 6.07) is 41.8. The topological polar surface area (TPSA) is 60.7 Å². The summed E-state index contributed by atoms with van der Waals surface area (Å²) in [6.45, 7) is 4.22. The Labute approximate surface area is 244 Å². The fourth-order valence-corrected chi connectivity index (χ4v) is 6.91. The van der Waals surface area contributed by atoms with Crippen LogP contribution in [-0.2, 0) is 10.2 Å². The first-order valence-corrected chi connectivity index (χ1v) is 14.3. The highest BCUT2D eigenvalue weighted by Crippen LogP contribution is 2.56. The third-order valence-electron chi connectivity index (χ3n) is 8.70. The molecule has 5 aromatic carbocycles. The molecule has 2 aromatic heterocycles. The monoisotopic (exact) mass is 543 g/mol. The van der Waals surface area contributed by atoms with E-state index in [-0.39, 0.29) is 5.91 Å². The smallest absolute Gasteiger partial charge is 0.244 e. The van der Waals surface area contributed by atoms with Crippen molar-refractivity contribution in [2.24, 2.45) is 0 Å². The van der Waals surface area contributed by atoms with Gasteiger partial charge in [-0.15, -0.1) is 0 Å². The first-order valence-electron chi connectivity index (χ1n) is 14.3. The molecule has 8 rings (SSSR count). The lowest BCUT2D eigenvalue weighted by molar-refractivity contribution is -0.118. The van der Waals surface area contributed by atoms with Gasteiger partial charge in [0.25, 0.3) is 0 Å². The fourth-order valence-electron chi connectivity index (χ4n) is 6.91. The van der Waals surface area contributed by atoms with Crippen LogP contribution < -0.4 is 5.32 Å². The second kappa shape index (κ2) is 9.08. The van der Waals surface area contributed by atoms with Crippen molar-refractivity contribution in [3.8, 4) is 22.5 Å². The van der Waals surface area contributed by atoms with Crippen molar-refractivity contribution in [2.75, 3.05) is 5.32 Å². The number of nitrogens with one attached hydrogen (secondary N) is 3. The van der Waals surface area contributed by atoms with Crippen LogP contribution in [0.2, 0.25) is 0 Å².